The molecule has 0 radical (unpaired) electrons. The van der Waals surface area contributed by atoms with Gasteiger partial charge in [0, 0.05) is 5.92 Å². The minimum atomic E-state index is -0.223. The van der Waals surface area contributed by atoms with E-state index < -0.39 is 0 Å². The van der Waals surface area contributed by atoms with Crippen molar-refractivity contribution in [2.45, 2.75) is 18.8 Å². The molecular formula is C7H9N3OS. The summed E-state index contributed by atoms with van der Waals surface area (Å²) in [5.74, 6) is 5.31. The van der Waals surface area contributed by atoms with Crippen LogP contribution in [0.4, 0.5) is 0 Å². The molecule has 3 N–H and O–H groups in total. The SMILES string of the molecule is NNC(=O)c1scnc1C1CC1. The molecule has 1 aliphatic rings. The lowest BCUT2D eigenvalue weighted by molar-refractivity contribution is 0.0956. The van der Waals surface area contributed by atoms with Crippen molar-refractivity contribution in [1.29, 1.82) is 0 Å². The van der Waals surface area contributed by atoms with E-state index in [1.165, 1.54) is 11.3 Å². The highest BCUT2D eigenvalue weighted by Gasteiger charge is 2.30. The van der Waals surface area contributed by atoms with Crippen LogP contribution in [0.15, 0.2) is 5.51 Å². The van der Waals surface area contributed by atoms with Crippen LogP contribution in [-0.4, -0.2) is 10.9 Å². The van der Waals surface area contributed by atoms with E-state index in [-0.39, 0.29) is 5.91 Å². The summed E-state index contributed by atoms with van der Waals surface area (Å²) in [6.45, 7) is 0. The van der Waals surface area contributed by atoms with Gasteiger partial charge in [-0.2, -0.15) is 0 Å². The highest BCUT2D eigenvalue weighted by molar-refractivity contribution is 7.11. The minimum Gasteiger partial charge on any atom is -0.289 e. The predicted molar refractivity (Wildman–Crippen MR) is 45.7 cm³/mol. The number of nitrogens with two attached hydrogens (primary N) is 1. The van der Waals surface area contributed by atoms with E-state index in [0.29, 0.717) is 10.8 Å². The Bertz CT molecular complexity index is 305. The molecule has 0 aromatic carbocycles. The second kappa shape index (κ2) is 2.84. The van der Waals surface area contributed by atoms with E-state index in [4.69, 9.17) is 5.84 Å². The van der Waals surface area contributed by atoms with E-state index in [2.05, 4.69) is 10.4 Å². The van der Waals surface area contributed by atoms with Crippen molar-refractivity contribution in [1.82, 2.24) is 10.4 Å². The Balaban J connectivity index is 2.29. The molecule has 0 unspecified atom stereocenters. The Hall–Kier alpha value is -0.940. The van der Waals surface area contributed by atoms with E-state index in [0.717, 1.165) is 18.5 Å². The minimum absolute atomic E-state index is 0.223. The van der Waals surface area contributed by atoms with Crippen molar-refractivity contribution in [3.05, 3.63) is 16.1 Å². The fraction of sp³-hybridized carbons (Fsp3) is 0.429. The maximum Gasteiger partial charge on any atom is 0.277 e. The number of nitrogens with one attached hydrogen (secondary N) is 1. The molecule has 1 fully saturated rings. The third kappa shape index (κ3) is 1.21. The number of carbonyl (C=O) groups excluding carboxylic acids is 1. The average Bonchev–Trinajstić information content (AvgIpc) is 2.83. The van der Waals surface area contributed by atoms with Gasteiger partial charge in [0.15, 0.2) is 0 Å². The van der Waals surface area contributed by atoms with Crippen LogP contribution in [0.2, 0.25) is 0 Å². The van der Waals surface area contributed by atoms with E-state index >= 15 is 0 Å². The van der Waals surface area contributed by atoms with Gasteiger partial charge in [0.2, 0.25) is 0 Å². The van der Waals surface area contributed by atoms with Crippen LogP contribution in [-0.2, 0) is 0 Å². The summed E-state index contributed by atoms with van der Waals surface area (Å²) in [4.78, 5) is 16.0. The van der Waals surface area contributed by atoms with E-state index in [9.17, 15) is 4.79 Å². The standard InChI is InChI=1S/C7H9N3OS/c8-10-7(11)6-5(4-1-2-4)9-3-12-6/h3-4H,1-2,8H2,(H,10,11). The maximum atomic E-state index is 11.2. The Morgan fingerprint density at radius 1 is 1.75 bits per heavy atom. The quantitative estimate of drug-likeness (QED) is 0.401. The zero-order chi connectivity index (χ0) is 8.55. The van der Waals surface area contributed by atoms with E-state index in [1.807, 2.05) is 0 Å². The number of carbonyl (C=O) groups is 1. The highest BCUT2D eigenvalue weighted by Crippen LogP contribution is 2.41. The van der Waals surface area contributed by atoms with Crippen LogP contribution in [0.1, 0.15) is 34.1 Å². The second-order valence-electron chi connectivity index (χ2n) is 2.81. The number of amides is 1. The van der Waals surface area contributed by atoms with Gasteiger partial charge in [-0.05, 0) is 12.8 Å². The molecule has 1 aromatic rings. The third-order valence-corrected chi connectivity index (χ3v) is 2.74. The molecule has 0 atom stereocenters. The van der Waals surface area contributed by atoms with Gasteiger partial charge in [0.05, 0.1) is 11.2 Å². The summed E-state index contributed by atoms with van der Waals surface area (Å²) in [5.41, 5.74) is 4.73. The zero-order valence-corrected chi connectivity index (χ0v) is 7.23. The number of aromatic nitrogens is 1. The van der Waals surface area contributed by atoms with Crippen molar-refractivity contribution in [3.8, 4) is 0 Å². The van der Waals surface area contributed by atoms with Crippen LogP contribution in [0.5, 0.6) is 0 Å². The summed E-state index contributed by atoms with van der Waals surface area (Å²) in [5, 5.41) is 0. The molecule has 64 valence electrons. The van der Waals surface area contributed by atoms with Gasteiger partial charge in [0.25, 0.3) is 5.91 Å². The van der Waals surface area contributed by atoms with Gasteiger partial charge >= 0.3 is 0 Å². The summed E-state index contributed by atoms with van der Waals surface area (Å²) < 4.78 is 0. The Morgan fingerprint density at radius 2 is 2.50 bits per heavy atom. The maximum absolute atomic E-state index is 11.2. The molecular weight excluding hydrogens is 174 g/mol. The van der Waals surface area contributed by atoms with Gasteiger partial charge in [-0.25, -0.2) is 10.8 Å². The molecule has 0 bridgehead atoms. The number of thiazole rings is 1. The molecule has 1 amide bonds. The molecule has 1 aliphatic carbocycles. The number of nitrogen functional groups attached to an aromatic ring is 1. The topological polar surface area (TPSA) is 68.0 Å². The molecule has 5 heteroatoms. The first kappa shape index (κ1) is 7.70. The normalized spacial score (nSPS) is 16.1. The van der Waals surface area contributed by atoms with Gasteiger partial charge in [-0.3, -0.25) is 10.2 Å². The third-order valence-electron chi connectivity index (χ3n) is 1.90. The lowest BCUT2D eigenvalue weighted by atomic mass is 10.2. The smallest absolute Gasteiger partial charge is 0.277 e. The van der Waals surface area contributed by atoms with Crippen molar-refractivity contribution in [2.75, 3.05) is 0 Å². The second-order valence-corrected chi connectivity index (χ2v) is 3.67. The summed E-state index contributed by atoms with van der Waals surface area (Å²) in [6.07, 6.45) is 2.29. The number of hydrogen-bond acceptors (Lipinski definition) is 4. The fourth-order valence-electron chi connectivity index (χ4n) is 1.14. The summed E-state index contributed by atoms with van der Waals surface area (Å²) in [7, 11) is 0. The van der Waals surface area contributed by atoms with Crippen molar-refractivity contribution in [2.24, 2.45) is 5.84 Å². The van der Waals surface area contributed by atoms with Crippen LogP contribution in [0, 0.1) is 0 Å². The number of hydrogen-bond donors (Lipinski definition) is 2. The van der Waals surface area contributed by atoms with E-state index in [1.54, 1.807) is 5.51 Å². The van der Waals surface area contributed by atoms with Crippen molar-refractivity contribution >= 4 is 17.2 Å². The van der Waals surface area contributed by atoms with Crippen LogP contribution in [0.25, 0.3) is 0 Å². The Morgan fingerprint density at radius 3 is 3.08 bits per heavy atom. The van der Waals surface area contributed by atoms with Crippen molar-refractivity contribution in [3.63, 3.8) is 0 Å². The highest BCUT2D eigenvalue weighted by atomic mass is 32.1. The molecule has 0 spiro atoms. The first-order chi connectivity index (χ1) is 5.83. The van der Waals surface area contributed by atoms with Gasteiger partial charge in [0.1, 0.15) is 4.88 Å². The number of nitrogens with zero attached hydrogens (tertiary/aromatic N) is 1. The lowest BCUT2D eigenvalue weighted by Crippen LogP contribution is -2.29. The lowest BCUT2D eigenvalue weighted by Gasteiger charge is -1.97. The fourth-order valence-corrected chi connectivity index (χ4v) is 1.92. The Kier molecular flexibility index (Phi) is 1.82. The number of rotatable bonds is 2. The number of hydrazine groups is 1. The molecule has 1 saturated carbocycles. The average molecular weight is 183 g/mol. The first-order valence-electron chi connectivity index (χ1n) is 3.77. The molecule has 2 rings (SSSR count). The Labute approximate surface area is 73.8 Å². The molecule has 0 saturated heterocycles. The van der Waals surface area contributed by atoms with Gasteiger partial charge in [-0.1, -0.05) is 0 Å². The molecule has 1 heterocycles. The summed E-state index contributed by atoms with van der Waals surface area (Å²) >= 11 is 1.35. The van der Waals surface area contributed by atoms with Crippen LogP contribution < -0.4 is 11.3 Å². The van der Waals surface area contributed by atoms with Gasteiger partial charge in [-0.15, -0.1) is 11.3 Å². The van der Waals surface area contributed by atoms with Crippen LogP contribution in [0.3, 0.4) is 0 Å². The monoisotopic (exact) mass is 183 g/mol. The first-order valence-corrected chi connectivity index (χ1v) is 4.65. The molecule has 0 aliphatic heterocycles. The zero-order valence-electron chi connectivity index (χ0n) is 6.41. The predicted octanol–water partition coefficient (Wildman–Crippen LogP) is 0.624. The van der Waals surface area contributed by atoms with Crippen molar-refractivity contribution < 1.29 is 4.79 Å². The summed E-state index contributed by atoms with van der Waals surface area (Å²) in [6, 6.07) is 0. The molecule has 4 nitrogen and oxygen atoms in total. The molecule has 12 heavy (non-hydrogen) atoms. The van der Waals surface area contributed by atoms with Crippen LogP contribution >= 0.6 is 11.3 Å². The molecule has 1 aromatic heterocycles. The van der Waals surface area contributed by atoms with Gasteiger partial charge < -0.3 is 0 Å². The largest absolute Gasteiger partial charge is 0.289 e.